The van der Waals surface area contributed by atoms with Gasteiger partial charge in [0.1, 0.15) is 11.4 Å². The lowest BCUT2D eigenvalue weighted by Crippen LogP contribution is -2.35. The van der Waals surface area contributed by atoms with Crippen molar-refractivity contribution in [1.82, 2.24) is 10.3 Å². The number of hydrogen-bond donors (Lipinski definition) is 3. The predicted molar refractivity (Wildman–Crippen MR) is 98.8 cm³/mol. The number of amides is 1. The van der Waals surface area contributed by atoms with Crippen molar-refractivity contribution in [3.05, 3.63) is 64.8 Å². The molecule has 5 heteroatoms. The van der Waals surface area contributed by atoms with Gasteiger partial charge < -0.3 is 15.4 Å². The maximum atomic E-state index is 12.8. The number of nitrogens with one attached hydrogen (secondary N) is 2. The average Bonchev–Trinajstić information content (AvgIpc) is 3.12. The van der Waals surface area contributed by atoms with Gasteiger partial charge in [0.25, 0.3) is 5.91 Å². The number of benzene rings is 2. The first-order chi connectivity index (χ1) is 12.4. The molecule has 1 amide bonds. The molecule has 3 N–H and O–H groups in total. The summed E-state index contributed by atoms with van der Waals surface area (Å²) < 4.78 is 0. The molecule has 2 aromatic carbocycles. The lowest BCUT2D eigenvalue weighted by molar-refractivity contribution is 0.0899. The molecule has 1 atom stereocenters. The van der Waals surface area contributed by atoms with Gasteiger partial charge in [0.2, 0.25) is 0 Å². The fourth-order valence-corrected chi connectivity index (χ4v) is 3.83. The Morgan fingerprint density at radius 3 is 2.85 bits per heavy atom. The summed E-state index contributed by atoms with van der Waals surface area (Å²) in [6, 6.07) is 14.4. The summed E-state index contributed by atoms with van der Waals surface area (Å²) in [6.45, 7) is 4.24. The zero-order chi connectivity index (χ0) is 18.5. The van der Waals surface area contributed by atoms with Crippen LogP contribution in [0.4, 0.5) is 0 Å². The van der Waals surface area contributed by atoms with Gasteiger partial charge >= 0.3 is 0 Å². The Kier molecular flexibility index (Phi) is 3.52. The van der Waals surface area contributed by atoms with E-state index in [-0.39, 0.29) is 23.1 Å². The van der Waals surface area contributed by atoms with Crippen molar-refractivity contribution < 1.29 is 9.90 Å². The molecule has 0 bridgehead atoms. The van der Waals surface area contributed by atoms with Gasteiger partial charge in [0, 0.05) is 10.9 Å². The first kappa shape index (κ1) is 16.2. The van der Waals surface area contributed by atoms with Crippen molar-refractivity contribution in [2.75, 3.05) is 0 Å². The van der Waals surface area contributed by atoms with Crippen molar-refractivity contribution in [3.8, 4) is 11.8 Å². The topological polar surface area (TPSA) is 88.9 Å². The van der Waals surface area contributed by atoms with Crippen LogP contribution in [0.1, 0.15) is 47.1 Å². The van der Waals surface area contributed by atoms with Crippen LogP contribution < -0.4 is 5.32 Å². The largest absolute Gasteiger partial charge is 0.508 e. The fraction of sp³-hybridized carbons (Fsp3) is 0.238. The second kappa shape index (κ2) is 5.63. The molecule has 0 radical (unpaired) electrons. The Balaban J connectivity index is 1.67. The van der Waals surface area contributed by atoms with E-state index in [9.17, 15) is 15.2 Å². The molecule has 1 aromatic heterocycles. The third-order valence-electron chi connectivity index (χ3n) is 5.14. The molecular formula is C21H19N3O2. The number of aromatic nitrogens is 1. The van der Waals surface area contributed by atoms with Gasteiger partial charge in [-0.15, -0.1) is 0 Å². The molecular weight excluding hydrogens is 326 g/mol. The summed E-state index contributed by atoms with van der Waals surface area (Å²) in [5.74, 6) is -0.0349. The smallest absolute Gasteiger partial charge is 0.268 e. The van der Waals surface area contributed by atoms with Crippen LogP contribution in [0.3, 0.4) is 0 Å². The number of carbonyl (C=O) groups is 1. The molecule has 0 unspecified atom stereocenters. The maximum absolute atomic E-state index is 12.8. The zero-order valence-corrected chi connectivity index (χ0v) is 14.6. The molecule has 4 rings (SSSR count). The van der Waals surface area contributed by atoms with E-state index in [1.54, 1.807) is 24.3 Å². The Morgan fingerprint density at radius 1 is 1.27 bits per heavy atom. The monoisotopic (exact) mass is 345 g/mol. The maximum Gasteiger partial charge on any atom is 0.268 e. The molecule has 5 nitrogen and oxygen atoms in total. The number of aromatic hydroxyl groups is 1. The van der Waals surface area contributed by atoms with Crippen molar-refractivity contribution in [1.29, 1.82) is 5.26 Å². The van der Waals surface area contributed by atoms with Crippen LogP contribution in [0.2, 0.25) is 0 Å². The zero-order valence-electron chi connectivity index (χ0n) is 14.6. The van der Waals surface area contributed by atoms with Gasteiger partial charge in [-0.3, -0.25) is 4.79 Å². The van der Waals surface area contributed by atoms with E-state index in [1.807, 2.05) is 18.2 Å². The van der Waals surface area contributed by atoms with Gasteiger partial charge in [0.05, 0.1) is 17.7 Å². The Labute approximate surface area is 151 Å². The molecule has 0 aliphatic heterocycles. The molecule has 1 aliphatic carbocycles. The number of phenols is 1. The van der Waals surface area contributed by atoms with Crippen molar-refractivity contribution >= 4 is 16.8 Å². The highest BCUT2D eigenvalue weighted by Crippen LogP contribution is 2.45. The summed E-state index contributed by atoms with van der Waals surface area (Å²) in [5.41, 5.74) is 3.88. The number of fused-ring (bicyclic) bond motifs is 2. The standard InChI is InChI=1S/C21H19N3O2/c1-21(2)10-13-4-3-12(11-22)7-16(13)19(21)24-20(26)18-9-14-8-15(25)5-6-17(14)23-18/h3-9,19,23,25H,10H2,1-2H3,(H,24,26)/t19-/m1/s1. The molecule has 1 aliphatic rings. The van der Waals surface area contributed by atoms with Crippen molar-refractivity contribution in [3.63, 3.8) is 0 Å². The van der Waals surface area contributed by atoms with Gasteiger partial charge in [0.15, 0.2) is 0 Å². The highest BCUT2D eigenvalue weighted by Gasteiger charge is 2.40. The quantitative estimate of drug-likeness (QED) is 0.660. The summed E-state index contributed by atoms with van der Waals surface area (Å²) in [6.07, 6.45) is 0.847. The number of nitriles is 1. The Hall–Kier alpha value is -3.26. The van der Waals surface area contributed by atoms with Gasteiger partial charge in [-0.05, 0) is 59.4 Å². The molecule has 0 saturated heterocycles. The molecule has 130 valence electrons. The number of nitrogens with zero attached hydrogens (tertiary/aromatic N) is 1. The number of hydrogen-bond acceptors (Lipinski definition) is 3. The van der Waals surface area contributed by atoms with E-state index in [2.05, 4.69) is 30.2 Å². The normalized spacial score (nSPS) is 17.7. The molecule has 0 saturated carbocycles. The van der Waals surface area contributed by atoms with E-state index < -0.39 is 0 Å². The SMILES string of the molecule is CC1(C)Cc2ccc(C#N)cc2[C@H]1NC(=O)c1cc2cc(O)ccc2[nH]1. The Morgan fingerprint density at radius 2 is 2.08 bits per heavy atom. The van der Waals surface area contributed by atoms with Crippen LogP contribution in [0.25, 0.3) is 10.9 Å². The average molecular weight is 345 g/mol. The van der Waals surface area contributed by atoms with E-state index in [4.69, 9.17) is 0 Å². The predicted octanol–water partition coefficient (Wildman–Crippen LogP) is 3.80. The number of H-pyrrole nitrogens is 1. The molecule has 26 heavy (non-hydrogen) atoms. The number of aromatic amines is 1. The summed E-state index contributed by atoms with van der Waals surface area (Å²) >= 11 is 0. The second-order valence-corrected chi connectivity index (χ2v) is 7.55. The Bertz CT molecular complexity index is 1070. The highest BCUT2D eigenvalue weighted by molar-refractivity contribution is 5.98. The van der Waals surface area contributed by atoms with Gasteiger partial charge in [-0.2, -0.15) is 5.26 Å². The second-order valence-electron chi connectivity index (χ2n) is 7.55. The lowest BCUT2D eigenvalue weighted by Gasteiger charge is -2.28. The van der Waals surface area contributed by atoms with Gasteiger partial charge in [-0.1, -0.05) is 19.9 Å². The molecule has 1 heterocycles. The minimum atomic E-state index is -0.200. The van der Waals surface area contributed by atoms with Crippen LogP contribution in [-0.2, 0) is 6.42 Å². The van der Waals surface area contributed by atoms with Crippen LogP contribution >= 0.6 is 0 Å². The van der Waals surface area contributed by atoms with Gasteiger partial charge in [-0.25, -0.2) is 0 Å². The summed E-state index contributed by atoms with van der Waals surface area (Å²) in [5, 5.41) is 22.7. The molecule has 0 spiro atoms. The third kappa shape index (κ3) is 2.60. The summed E-state index contributed by atoms with van der Waals surface area (Å²) in [7, 11) is 0. The highest BCUT2D eigenvalue weighted by atomic mass is 16.3. The summed E-state index contributed by atoms with van der Waals surface area (Å²) in [4.78, 5) is 15.9. The lowest BCUT2D eigenvalue weighted by atomic mass is 9.85. The van der Waals surface area contributed by atoms with Crippen LogP contribution in [0.5, 0.6) is 5.75 Å². The van der Waals surface area contributed by atoms with E-state index in [0.29, 0.717) is 11.3 Å². The first-order valence-corrected chi connectivity index (χ1v) is 8.53. The van der Waals surface area contributed by atoms with Crippen molar-refractivity contribution in [2.45, 2.75) is 26.3 Å². The number of rotatable bonds is 2. The number of phenolic OH excluding ortho intramolecular Hbond substituents is 1. The third-order valence-corrected chi connectivity index (χ3v) is 5.14. The van der Waals surface area contributed by atoms with E-state index in [0.717, 1.165) is 22.9 Å². The first-order valence-electron chi connectivity index (χ1n) is 8.53. The number of carbonyl (C=O) groups excluding carboxylic acids is 1. The van der Waals surface area contributed by atoms with Crippen LogP contribution in [0.15, 0.2) is 42.5 Å². The van der Waals surface area contributed by atoms with Crippen LogP contribution in [0, 0.1) is 16.7 Å². The minimum absolute atomic E-state index is 0.143. The molecule has 0 fully saturated rings. The van der Waals surface area contributed by atoms with E-state index in [1.165, 1.54) is 5.56 Å². The molecule has 3 aromatic rings. The fourth-order valence-electron chi connectivity index (χ4n) is 3.83. The van der Waals surface area contributed by atoms with E-state index >= 15 is 0 Å². The van der Waals surface area contributed by atoms with Crippen molar-refractivity contribution in [2.24, 2.45) is 5.41 Å². The van der Waals surface area contributed by atoms with Crippen LogP contribution in [-0.4, -0.2) is 16.0 Å². The minimum Gasteiger partial charge on any atom is -0.508 e.